The van der Waals surface area contributed by atoms with E-state index in [4.69, 9.17) is 11.6 Å². The summed E-state index contributed by atoms with van der Waals surface area (Å²) in [5.41, 5.74) is 3.89. The van der Waals surface area contributed by atoms with E-state index in [1.165, 1.54) is 11.1 Å². The van der Waals surface area contributed by atoms with Gasteiger partial charge in [0.15, 0.2) is 0 Å². The quantitative estimate of drug-likeness (QED) is 0.902. The number of benzene rings is 2. The van der Waals surface area contributed by atoms with Crippen LogP contribution in [0.4, 0.5) is 0 Å². The lowest BCUT2D eigenvalue weighted by molar-refractivity contribution is -0.121. The number of nitrogens with zero attached hydrogens (tertiary/aromatic N) is 1. The van der Waals surface area contributed by atoms with Crippen molar-refractivity contribution in [2.75, 3.05) is 13.6 Å². The van der Waals surface area contributed by atoms with Gasteiger partial charge in [0, 0.05) is 30.6 Å². The SMILES string of the molecule is CN1Cc2ccccc2CC1CNC(=O)CCc1cccc(Cl)c1. The van der Waals surface area contributed by atoms with Crippen LogP contribution in [-0.2, 0) is 24.2 Å². The van der Waals surface area contributed by atoms with Gasteiger partial charge in [-0.25, -0.2) is 0 Å². The van der Waals surface area contributed by atoms with Crippen molar-refractivity contribution in [2.24, 2.45) is 0 Å². The zero-order chi connectivity index (χ0) is 16.9. The molecule has 3 rings (SSSR count). The highest BCUT2D eigenvalue weighted by atomic mass is 35.5. The van der Waals surface area contributed by atoms with Gasteiger partial charge >= 0.3 is 0 Å². The van der Waals surface area contributed by atoms with E-state index in [2.05, 4.69) is 41.5 Å². The van der Waals surface area contributed by atoms with Crippen LogP contribution >= 0.6 is 11.6 Å². The van der Waals surface area contributed by atoms with Gasteiger partial charge in [-0.2, -0.15) is 0 Å². The maximum atomic E-state index is 12.1. The van der Waals surface area contributed by atoms with Gasteiger partial charge in [-0.05, 0) is 48.7 Å². The number of amides is 1. The first kappa shape index (κ1) is 17.0. The Bertz CT molecular complexity index is 716. The van der Waals surface area contributed by atoms with Crippen molar-refractivity contribution in [3.8, 4) is 0 Å². The minimum atomic E-state index is 0.0993. The molecule has 1 aliphatic heterocycles. The molecule has 1 unspecified atom stereocenters. The molecule has 0 aliphatic carbocycles. The molecule has 2 aromatic carbocycles. The van der Waals surface area contributed by atoms with Crippen LogP contribution < -0.4 is 5.32 Å². The Morgan fingerprint density at radius 1 is 1.21 bits per heavy atom. The lowest BCUT2D eigenvalue weighted by Crippen LogP contribution is -2.45. The lowest BCUT2D eigenvalue weighted by atomic mass is 9.94. The topological polar surface area (TPSA) is 32.3 Å². The number of rotatable bonds is 5. The zero-order valence-electron chi connectivity index (χ0n) is 14.0. The predicted octanol–water partition coefficient (Wildman–Crippen LogP) is 3.45. The molecule has 1 aliphatic rings. The Balaban J connectivity index is 1.48. The number of likely N-dealkylation sites (N-methyl/N-ethyl adjacent to an activating group) is 1. The number of carbonyl (C=O) groups is 1. The van der Waals surface area contributed by atoms with E-state index >= 15 is 0 Å². The number of fused-ring (bicyclic) bond motifs is 1. The molecular formula is C20H23ClN2O. The van der Waals surface area contributed by atoms with Crippen molar-refractivity contribution in [3.05, 3.63) is 70.2 Å². The van der Waals surface area contributed by atoms with Gasteiger partial charge in [0.25, 0.3) is 0 Å². The molecule has 0 saturated heterocycles. The first-order chi connectivity index (χ1) is 11.6. The van der Waals surface area contributed by atoms with Crippen LogP contribution in [-0.4, -0.2) is 30.4 Å². The van der Waals surface area contributed by atoms with Gasteiger partial charge in [-0.3, -0.25) is 9.69 Å². The van der Waals surface area contributed by atoms with Gasteiger partial charge in [-0.15, -0.1) is 0 Å². The second-order valence-electron chi connectivity index (χ2n) is 6.48. The standard InChI is InChI=1S/C20H23ClN2O/c1-23-14-17-7-3-2-6-16(17)12-19(23)13-22-20(24)10-9-15-5-4-8-18(21)11-15/h2-8,11,19H,9-10,12-14H2,1H3,(H,22,24). The summed E-state index contributed by atoms with van der Waals surface area (Å²) in [6, 6.07) is 16.6. The highest BCUT2D eigenvalue weighted by Gasteiger charge is 2.23. The van der Waals surface area contributed by atoms with Gasteiger partial charge in [0.05, 0.1) is 0 Å². The zero-order valence-corrected chi connectivity index (χ0v) is 14.7. The highest BCUT2D eigenvalue weighted by Crippen LogP contribution is 2.21. The van der Waals surface area contributed by atoms with Crippen LogP contribution in [0.2, 0.25) is 5.02 Å². The van der Waals surface area contributed by atoms with Crippen molar-refractivity contribution in [2.45, 2.75) is 31.8 Å². The summed E-state index contributed by atoms with van der Waals surface area (Å²) in [5, 5.41) is 3.80. The Hall–Kier alpha value is -1.84. The van der Waals surface area contributed by atoms with E-state index in [0.717, 1.165) is 30.0 Å². The minimum Gasteiger partial charge on any atom is -0.355 e. The third-order valence-corrected chi connectivity index (χ3v) is 4.92. The van der Waals surface area contributed by atoms with E-state index in [9.17, 15) is 4.79 Å². The van der Waals surface area contributed by atoms with E-state index in [1.807, 2.05) is 24.3 Å². The molecule has 1 N–H and O–H groups in total. The molecule has 4 heteroatoms. The van der Waals surface area contributed by atoms with Gasteiger partial charge in [-0.1, -0.05) is 48.0 Å². The fourth-order valence-corrected chi connectivity index (χ4v) is 3.43. The largest absolute Gasteiger partial charge is 0.355 e. The minimum absolute atomic E-state index is 0.0993. The van der Waals surface area contributed by atoms with Crippen LogP contribution in [0.5, 0.6) is 0 Å². The molecule has 0 saturated carbocycles. The molecule has 24 heavy (non-hydrogen) atoms. The van der Waals surface area contributed by atoms with E-state index < -0.39 is 0 Å². The Morgan fingerprint density at radius 2 is 2.00 bits per heavy atom. The molecule has 0 spiro atoms. The molecule has 0 radical (unpaired) electrons. The predicted molar refractivity (Wildman–Crippen MR) is 98.2 cm³/mol. The number of hydrogen-bond donors (Lipinski definition) is 1. The van der Waals surface area contributed by atoms with Crippen LogP contribution in [0, 0.1) is 0 Å². The molecule has 0 bridgehead atoms. The second-order valence-corrected chi connectivity index (χ2v) is 6.91. The molecule has 0 fully saturated rings. The van der Waals surface area contributed by atoms with Crippen molar-refractivity contribution < 1.29 is 4.79 Å². The van der Waals surface area contributed by atoms with Crippen molar-refractivity contribution in [3.63, 3.8) is 0 Å². The number of carbonyl (C=O) groups excluding carboxylic acids is 1. The Morgan fingerprint density at radius 3 is 2.79 bits per heavy atom. The lowest BCUT2D eigenvalue weighted by Gasteiger charge is -2.34. The summed E-state index contributed by atoms with van der Waals surface area (Å²) in [6.45, 7) is 1.64. The smallest absolute Gasteiger partial charge is 0.220 e. The third-order valence-electron chi connectivity index (χ3n) is 4.68. The van der Waals surface area contributed by atoms with Gasteiger partial charge < -0.3 is 5.32 Å². The normalized spacial score (nSPS) is 17.3. The number of hydrogen-bond acceptors (Lipinski definition) is 2. The van der Waals surface area contributed by atoms with Gasteiger partial charge in [0.1, 0.15) is 0 Å². The average molecular weight is 343 g/mol. The number of halogens is 1. The first-order valence-corrected chi connectivity index (χ1v) is 8.78. The van der Waals surface area contributed by atoms with Crippen LogP contribution in [0.1, 0.15) is 23.1 Å². The van der Waals surface area contributed by atoms with Crippen molar-refractivity contribution in [1.82, 2.24) is 10.2 Å². The summed E-state index contributed by atoms with van der Waals surface area (Å²) in [5.74, 6) is 0.0993. The molecule has 1 atom stereocenters. The second kappa shape index (κ2) is 7.82. The molecular weight excluding hydrogens is 320 g/mol. The number of aryl methyl sites for hydroxylation is 1. The highest BCUT2D eigenvalue weighted by molar-refractivity contribution is 6.30. The molecule has 3 nitrogen and oxygen atoms in total. The van der Waals surface area contributed by atoms with Crippen LogP contribution in [0.3, 0.4) is 0 Å². The average Bonchev–Trinajstić information content (AvgIpc) is 2.58. The molecule has 126 valence electrons. The van der Waals surface area contributed by atoms with Crippen molar-refractivity contribution in [1.29, 1.82) is 0 Å². The summed E-state index contributed by atoms with van der Waals surface area (Å²) < 4.78 is 0. The Labute approximate surface area is 148 Å². The third kappa shape index (κ3) is 4.37. The molecule has 0 aromatic heterocycles. The number of nitrogens with one attached hydrogen (secondary N) is 1. The Kier molecular flexibility index (Phi) is 5.54. The summed E-state index contributed by atoms with van der Waals surface area (Å²) >= 11 is 5.97. The van der Waals surface area contributed by atoms with Gasteiger partial charge in [0.2, 0.25) is 5.91 Å². The summed E-state index contributed by atoms with van der Waals surface area (Å²) in [6.07, 6.45) is 2.20. The van der Waals surface area contributed by atoms with E-state index in [1.54, 1.807) is 0 Å². The molecule has 1 amide bonds. The maximum Gasteiger partial charge on any atom is 0.220 e. The fourth-order valence-electron chi connectivity index (χ4n) is 3.22. The van der Waals surface area contributed by atoms with Crippen LogP contribution in [0.15, 0.2) is 48.5 Å². The van der Waals surface area contributed by atoms with Crippen molar-refractivity contribution >= 4 is 17.5 Å². The first-order valence-electron chi connectivity index (χ1n) is 8.40. The van der Waals surface area contributed by atoms with Crippen LogP contribution in [0.25, 0.3) is 0 Å². The van der Waals surface area contributed by atoms with E-state index in [-0.39, 0.29) is 5.91 Å². The maximum absolute atomic E-state index is 12.1. The molecule has 1 heterocycles. The summed E-state index contributed by atoms with van der Waals surface area (Å²) in [7, 11) is 2.12. The monoisotopic (exact) mass is 342 g/mol. The summed E-state index contributed by atoms with van der Waals surface area (Å²) in [4.78, 5) is 14.5. The fraction of sp³-hybridized carbons (Fsp3) is 0.350. The molecule has 2 aromatic rings. The van der Waals surface area contributed by atoms with E-state index in [0.29, 0.717) is 19.0 Å².